The number of halogens is 4. The Morgan fingerprint density at radius 1 is 0.939 bits per heavy atom. The van der Waals surface area contributed by atoms with Crippen molar-refractivity contribution in [2.45, 2.75) is 105 Å². The van der Waals surface area contributed by atoms with Crippen molar-refractivity contribution in [1.29, 1.82) is 0 Å². The fourth-order valence-corrected chi connectivity index (χ4v) is 7.28. The van der Waals surface area contributed by atoms with E-state index in [4.69, 9.17) is 4.55 Å². The third-order valence-electron chi connectivity index (χ3n) is 7.11. The van der Waals surface area contributed by atoms with Crippen molar-refractivity contribution in [3.63, 3.8) is 0 Å². The van der Waals surface area contributed by atoms with Gasteiger partial charge in [0, 0.05) is 12.5 Å². The van der Waals surface area contributed by atoms with Gasteiger partial charge >= 0.3 is 21.3 Å². The summed E-state index contributed by atoms with van der Waals surface area (Å²) in [5, 5.41) is -5.99. The SMILES string of the molecule is O=C(CC1CCCCC1)C1CC(C(F)(F)C(F)(F)S(=O)(=O)O)C(C(=O)NC2CCCCC2)S1. The number of amides is 1. The molecule has 1 saturated heterocycles. The second-order valence-corrected chi connectivity index (χ2v) is 12.3. The maximum Gasteiger partial charge on any atom is 0.431 e. The van der Waals surface area contributed by atoms with Crippen LogP contribution in [-0.2, 0) is 19.7 Å². The van der Waals surface area contributed by atoms with Crippen LogP contribution in [0.1, 0.15) is 77.0 Å². The first-order chi connectivity index (χ1) is 15.3. The minimum absolute atomic E-state index is 0.0974. The van der Waals surface area contributed by atoms with Crippen molar-refractivity contribution < 1.29 is 40.1 Å². The highest BCUT2D eigenvalue weighted by atomic mass is 32.2. The van der Waals surface area contributed by atoms with Crippen LogP contribution in [-0.4, -0.2) is 52.4 Å². The van der Waals surface area contributed by atoms with Crippen LogP contribution < -0.4 is 5.32 Å². The van der Waals surface area contributed by atoms with Gasteiger partial charge in [-0.15, -0.1) is 11.8 Å². The van der Waals surface area contributed by atoms with Gasteiger partial charge in [0.15, 0.2) is 0 Å². The number of hydrogen-bond donors (Lipinski definition) is 2. The van der Waals surface area contributed by atoms with Gasteiger partial charge in [0.25, 0.3) is 0 Å². The van der Waals surface area contributed by atoms with Crippen LogP contribution >= 0.6 is 11.8 Å². The van der Waals surface area contributed by atoms with Crippen LogP contribution in [0.2, 0.25) is 0 Å². The first-order valence-corrected chi connectivity index (χ1v) is 13.9. The highest BCUT2D eigenvalue weighted by molar-refractivity contribution is 8.02. The number of rotatable bonds is 8. The molecule has 2 saturated carbocycles. The minimum Gasteiger partial charge on any atom is -0.352 e. The summed E-state index contributed by atoms with van der Waals surface area (Å²) in [4.78, 5) is 25.7. The molecule has 12 heteroatoms. The predicted molar refractivity (Wildman–Crippen MR) is 116 cm³/mol. The van der Waals surface area contributed by atoms with Crippen LogP contribution in [0, 0.1) is 11.8 Å². The number of nitrogens with one attached hydrogen (secondary N) is 1. The predicted octanol–water partition coefficient (Wildman–Crippen LogP) is 4.58. The number of alkyl halides is 4. The fourth-order valence-electron chi connectivity index (χ4n) is 5.20. The van der Waals surface area contributed by atoms with Crippen LogP contribution in [0.4, 0.5) is 17.6 Å². The average Bonchev–Trinajstić information content (AvgIpc) is 3.21. The van der Waals surface area contributed by atoms with E-state index < -0.39 is 50.0 Å². The Hall–Kier alpha value is -0.880. The fraction of sp³-hybridized carbons (Fsp3) is 0.905. The van der Waals surface area contributed by atoms with Crippen LogP contribution in [0.5, 0.6) is 0 Å². The molecule has 6 nitrogen and oxygen atoms in total. The van der Waals surface area contributed by atoms with Gasteiger partial charge in [-0.3, -0.25) is 14.1 Å². The van der Waals surface area contributed by atoms with Crippen molar-refractivity contribution in [1.82, 2.24) is 5.32 Å². The summed E-state index contributed by atoms with van der Waals surface area (Å²) in [6, 6.07) is -0.278. The Kier molecular flexibility index (Phi) is 8.42. The topological polar surface area (TPSA) is 101 Å². The maximum absolute atomic E-state index is 14.9. The van der Waals surface area contributed by atoms with Crippen molar-refractivity contribution in [3.8, 4) is 0 Å². The van der Waals surface area contributed by atoms with E-state index in [1.807, 2.05) is 0 Å². The number of carbonyl (C=O) groups excluding carboxylic acids is 2. The number of Topliss-reactive ketones (excluding diaryl/α,β-unsaturated/α-hetero) is 1. The molecular formula is C21H31F4NO5S2. The molecule has 1 aliphatic heterocycles. The van der Waals surface area contributed by atoms with Gasteiger partial charge in [0.05, 0.1) is 16.4 Å². The van der Waals surface area contributed by atoms with Crippen LogP contribution in [0.3, 0.4) is 0 Å². The van der Waals surface area contributed by atoms with Crippen molar-refractivity contribution >= 4 is 33.6 Å². The lowest BCUT2D eigenvalue weighted by Gasteiger charge is -2.32. The summed E-state index contributed by atoms with van der Waals surface area (Å²) in [5.41, 5.74) is 0. The lowest BCUT2D eigenvalue weighted by atomic mass is 9.84. The Labute approximate surface area is 195 Å². The molecule has 3 rings (SSSR count). The number of ketones is 1. The van der Waals surface area contributed by atoms with E-state index in [0.29, 0.717) is 24.6 Å². The molecule has 0 spiro atoms. The zero-order valence-corrected chi connectivity index (χ0v) is 19.9. The standard InChI is InChI=1S/C21H31F4NO5S2/c22-20(23,21(24,25)33(29,30)31)15-12-17(16(27)11-13-7-3-1-4-8-13)32-18(15)19(28)26-14-9-5-2-6-10-14/h13-15,17-18H,1-12H2,(H,26,28)(H,29,30,31). The van der Waals surface area contributed by atoms with E-state index in [1.165, 1.54) is 0 Å². The van der Waals surface area contributed by atoms with Gasteiger partial charge in [-0.25, -0.2) is 0 Å². The summed E-state index contributed by atoms with van der Waals surface area (Å²) in [6.45, 7) is 0. The molecule has 0 aromatic carbocycles. The monoisotopic (exact) mass is 517 g/mol. The molecule has 0 aromatic heterocycles. The molecule has 3 unspecified atom stereocenters. The highest BCUT2D eigenvalue weighted by Crippen LogP contribution is 2.53. The summed E-state index contributed by atoms with van der Waals surface area (Å²) in [7, 11) is -6.44. The normalized spacial score (nSPS) is 28.6. The van der Waals surface area contributed by atoms with Crippen LogP contribution in [0.25, 0.3) is 0 Å². The van der Waals surface area contributed by atoms with Gasteiger partial charge in [-0.1, -0.05) is 51.4 Å². The highest BCUT2D eigenvalue weighted by Gasteiger charge is 2.72. The van der Waals surface area contributed by atoms with Gasteiger partial charge < -0.3 is 5.32 Å². The summed E-state index contributed by atoms with van der Waals surface area (Å²) < 4.78 is 89.0. The molecule has 2 aliphatic carbocycles. The second-order valence-electron chi connectivity index (χ2n) is 9.52. The molecule has 3 atom stereocenters. The zero-order chi connectivity index (χ0) is 24.4. The molecule has 0 aromatic rings. The molecule has 33 heavy (non-hydrogen) atoms. The third-order valence-corrected chi connectivity index (χ3v) is 9.65. The lowest BCUT2D eigenvalue weighted by Crippen LogP contribution is -2.55. The molecule has 3 fully saturated rings. The lowest BCUT2D eigenvalue weighted by molar-refractivity contribution is -0.193. The molecule has 1 amide bonds. The number of carbonyl (C=O) groups is 2. The Morgan fingerprint density at radius 3 is 2.03 bits per heavy atom. The van der Waals surface area contributed by atoms with E-state index >= 15 is 0 Å². The van der Waals surface area contributed by atoms with Gasteiger partial charge in [0.1, 0.15) is 5.78 Å². The Morgan fingerprint density at radius 2 is 1.48 bits per heavy atom. The molecule has 190 valence electrons. The average molecular weight is 518 g/mol. The van der Waals surface area contributed by atoms with Crippen LogP contribution in [0.15, 0.2) is 0 Å². The van der Waals surface area contributed by atoms with E-state index in [9.17, 15) is 35.6 Å². The van der Waals surface area contributed by atoms with E-state index in [-0.39, 0.29) is 24.2 Å². The van der Waals surface area contributed by atoms with Crippen molar-refractivity contribution in [2.24, 2.45) is 11.8 Å². The summed E-state index contributed by atoms with van der Waals surface area (Å²) >= 11 is 0.614. The molecule has 0 radical (unpaired) electrons. The van der Waals surface area contributed by atoms with Gasteiger partial charge in [-0.05, 0) is 25.2 Å². The summed E-state index contributed by atoms with van der Waals surface area (Å²) in [5.74, 6) is -8.82. The molecular weight excluding hydrogens is 486 g/mol. The van der Waals surface area contributed by atoms with E-state index in [1.54, 1.807) is 0 Å². The first kappa shape index (κ1) is 26.7. The van der Waals surface area contributed by atoms with Gasteiger partial charge in [0.2, 0.25) is 5.91 Å². The number of thioether (sulfide) groups is 1. The molecule has 1 heterocycles. The van der Waals surface area contributed by atoms with Crippen molar-refractivity contribution in [3.05, 3.63) is 0 Å². The smallest absolute Gasteiger partial charge is 0.352 e. The largest absolute Gasteiger partial charge is 0.431 e. The van der Waals surface area contributed by atoms with Crippen molar-refractivity contribution in [2.75, 3.05) is 0 Å². The number of hydrogen-bond acceptors (Lipinski definition) is 5. The summed E-state index contributed by atoms with van der Waals surface area (Å²) in [6.07, 6.45) is 7.94. The molecule has 3 aliphatic rings. The quantitative estimate of drug-likeness (QED) is 0.361. The molecule has 2 N–H and O–H groups in total. The van der Waals surface area contributed by atoms with Gasteiger partial charge in [-0.2, -0.15) is 26.0 Å². The van der Waals surface area contributed by atoms with E-state index in [0.717, 1.165) is 51.4 Å². The van der Waals surface area contributed by atoms with E-state index in [2.05, 4.69) is 5.32 Å². The Bertz CT molecular complexity index is 827. The first-order valence-electron chi connectivity index (χ1n) is 11.6. The second kappa shape index (κ2) is 10.4. The third kappa shape index (κ3) is 5.86. The maximum atomic E-state index is 14.9. The Balaban J connectivity index is 1.81. The zero-order valence-electron chi connectivity index (χ0n) is 18.3. The molecule has 0 bridgehead atoms. The minimum atomic E-state index is -6.44.